The van der Waals surface area contributed by atoms with Crippen molar-refractivity contribution in [3.63, 3.8) is 0 Å². The van der Waals surface area contributed by atoms with Crippen molar-refractivity contribution in [2.75, 3.05) is 21.3 Å². The lowest BCUT2D eigenvalue weighted by Gasteiger charge is -2.13. The average Bonchev–Trinajstić information content (AvgIpc) is 2.61. The van der Waals surface area contributed by atoms with Gasteiger partial charge in [0.1, 0.15) is 16.7 Å². The molecule has 0 saturated heterocycles. The van der Waals surface area contributed by atoms with Crippen molar-refractivity contribution in [1.29, 1.82) is 0 Å². The van der Waals surface area contributed by atoms with E-state index < -0.39 is 5.43 Å². The van der Waals surface area contributed by atoms with Gasteiger partial charge in [0, 0.05) is 11.6 Å². The molecule has 1 aromatic heterocycles. The van der Waals surface area contributed by atoms with Crippen LogP contribution in [0.4, 0.5) is 0 Å². The molecule has 0 saturated carbocycles. The van der Waals surface area contributed by atoms with Gasteiger partial charge in [-0.1, -0.05) is 0 Å². The first-order valence-electron chi connectivity index (χ1n) is 7.30. The first kappa shape index (κ1) is 16.5. The minimum absolute atomic E-state index is 0.0294. The molecule has 130 valence electrons. The summed E-state index contributed by atoms with van der Waals surface area (Å²) in [5.41, 5.74) is 0.0947. The van der Waals surface area contributed by atoms with Crippen LogP contribution in [0.5, 0.6) is 28.7 Å². The molecule has 0 atom stereocenters. The highest BCUT2D eigenvalue weighted by Crippen LogP contribution is 2.43. The van der Waals surface area contributed by atoms with Gasteiger partial charge in [-0.3, -0.25) is 4.79 Å². The molecule has 7 heteroatoms. The van der Waals surface area contributed by atoms with Crippen molar-refractivity contribution >= 4 is 11.0 Å². The predicted octanol–water partition coefficient (Wildman–Crippen LogP) is 2.90. The number of phenols is 2. The molecule has 7 nitrogen and oxygen atoms in total. The molecule has 0 aliphatic carbocycles. The summed E-state index contributed by atoms with van der Waals surface area (Å²) in [5, 5.41) is 19.8. The number of aromatic hydroxyl groups is 2. The lowest BCUT2D eigenvalue weighted by atomic mass is 10.1. The Kier molecular flexibility index (Phi) is 4.14. The SMILES string of the molecule is COc1cc2oc(-c3ccc(O)cc3)c(OC)c(=O)c2c(O)c1OC. The number of fused-ring (bicyclic) bond motifs is 1. The Hall–Kier alpha value is -3.35. The molecule has 25 heavy (non-hydrogen) atoms. The Bertz CT molecular complexity index is 987. The summed E-state index contributed by atoms with van der Waals surface area (Å²) in [5.74, 6) is 0.0441. The van der Waals surface area contributed by atoms with E-state index in [-0.39, 0.29) is 45.5 Å². The summed E-state index contributed by atoms with van der Waals surface area (Å²) < 4.78 is 21.3. The van der Waals surface area contributed by atoms with Crippen molar-refractivity contribution in [1.82, 2.24) is 0 Å². The van der Waals surface area contributed by atoms with Crippen LogP contribution in [0.2, 0.25) is 0 Å². The smallest absolute Gasteiger partial charge is 0.239 e. The summed E-state index contributed by atoms with van der Waals surface area (Å²) in [6.07, 6.45) is 0. The van der Waals surface area contributed by atoms with E-state index in [0.29, 0.717) is 5.56 Å². The van der Waals surface area contributed by atoms with Crippen molar-refractivity contribution in [2.45, 2.75) is 0 Å². The first-order valence-corrected chi connectivity index (χ1v) is 7.30. The third-order valence-corrected chi connectivity index (χ3v) is 3.79. The molecule has 0 fully saturated rings. The van der Waals surface area contributed by atoms with E-state index in [9.17, 15) is 15.0 Å². The van der Waals surface area contributed by atoms with E-state index in [0.717, 1.165) is 0 Å². The second kappa shape index (κ2) is 6.27. The minimum Gasteiger partial charge on any atom is -0.508 e. The lowest BCUT2D eigenvalue weighted by molar-refractivity contribution is 0.334. The van der Waals surface area contributed by atoms with Crippen LogP contribution in [-0.4, -0.2) is 31.5 Å². The van der Waals surface area contributed by atoms with E-state index in [2.05, 4.69) is 0 Å². The lowest BCUT2D eigenvalue weighted by Crippen LogP contribution is -2.08. The number of hydrogen-bond acceptors (Lipinski definition) is 7. The zero-order chi connectivity index (χ0) is 18.1. The van der Waals surface area contributed by atoms with Crippen LogP contribution < -0.4 is 19.6 Å². The molecular weight excluding hydrogens is 328 g/mol. The Morgan fingerprint density at radius 3 is 2.12 bits per heavy atom. The fraction of sp³-hybridized carbons (Fsp3) is 0.167. The van der Waals surface area contributed by atoms with Gasteiger partial charge in [0.2, 0.25) is 16.9 Å². The molecule has 0 unspecified atom stereocenters. The predicted molar refractivity (Wildman–Crippen MR) is 90.9 cm³/mol. The van der Waals surface area contributed by atoms with Crippen LogP contribution in [0.3, 0.4) is 0 Å². The van der Waals surface area contributed by atoms with Crippen LogP contribution in [-0.2, 0) is 0 Å². The normalized spacial score (nSPS) is 10.7. The van der Waals surface area contributed by atoms with Gasteiger partial charge in [-0.2, -0.15) is 0 Å². The fourth-order valence-electron chi connectivity index (χ4n) is 2.61. The summed E-state index contributed by atoms with van der Waals surface area (Å²) in [6, 6.07) is 7.56. The number of benzene rings is 2. The monoisotopic (exact) mass is 344 g/mol. The topological polar surface area (TPSA) is 98.4 Å². The Morgan fingerprint density at radius 2 is 1.56 bits per heavy atom. The van der Waals surface area contributed by atoms with Gasteiger partial charge in [0.05, 0.1) is 21.3 Å². The maximum atomic E-state index is 12.8. The van der Waals surface area contributed by atoms with Gasteiger partial charge in [-0.25, -0.2) is 0 Å². The standard InChI is InChI=1S/C18H16O7/c1-22-12-8-11-13(14(20)17(12)23-2)15(21)18(24-3)16(25-11)9-4-6-10(19)7-5-9/h4-8,19-20H,1-3H3. The van der Waals surface area contributed by atoms with Gasteiger partial charge in [-0.15, -0.1) is 0 Å². The van der Waals surface area contributed by atoms with Crippen molar-refractivity contribution in [3.05, 3.63) is 40.6 Å². The maximum absolute atomic E-state index is 12.8. The minimum atomic E-state index is -0.551. The first-order chi connectivity index (χ1) is 12.0. The third kappa shape index (κ3) is 2.59. The van der Waals surface area contributed by atoms with Crippen molar-refractivity contribution in [3.8, 4) is 40.1 Å². The summed E-state index contributed by atoms with van der Waals surface area (Å²) >= 11 is 0. The molecule has 0 aliphatic rings. The van der Waals surface area contributed by atoms with Gasteiger partial charge < -0.3 is 28.8 Å². The fourth-order valence-corrected chi connectivity index (χ4v) is 2.61. The van der Waals surface area contributed by atoms with E-state index >= 15 is 0 Å². The Morgan fingerprint density at radius 1 is 0.920 bits per heavy atom. The highest BCUT2D eigenvalue weighted by Gasteiger charge is 2.23. The maximum Gasteiger partial charge on any atom is 0.239 e. The molecule has 0 bridgehead atoms. The summed E-state index contributed by atoms with van der Waals surface area (Å²) in [4.78, 5) is 12.8. The van der Waals surface area contributed by atoms with Gasteiger partial charge in [0.15, 0.2) is 17.3 Å². The Balaban J connectivity index is 2.41. The second-order valence-electron chi connectivity index (χ2n) is 5.17. The highest BCUT2D eigenvalue weighted by atomic mass is 16.5. The zero-order valence-electron chi connectivity index (χ0n) is 13.8. The van der Waals surface area contributed by atoms with Gasteiger partial charge in [0.25, 0.3) is 0 Å². The molecule has 0 aliphatic heterocycles. The van der Waals surface area contributed by atoms with Crippen LogP contribution >= 0.6 is 0 Å². The van der Waals surface area contributed by atoms with E-state index in [1.54, 1.807) is 12.1 Å². The molecule has 0 radical (unpaired) electrons. The number of methoxy groups -OCH3 is 3. The van der Waals surface area contributed by atoms with Gasteiger partial charge in [-0.05, 0) is 24.3 Å². The highest BCUT2D eigenvalue weighted by molar-refractivity contribution is 5.91. The number of phenolic OH excluding ortho intramolecular Hbond substituents is 2. The molecule has 0 amide bonds. The third-order valence-electron chi connectivity index (χ3n) is 3.79. The van der Waals surface area contributed by atoms with E-state index in [1.165, 1.54) is 39.5 Å². The average molecular weight is 344 g/mol. The molecule has 2 aromatic carbocycles. The molecule has 3 rings (SSSR count). The quantitative estimate of drug-likeness (QED) is 0.751. The zero-order valence-corrected chi connectivity index (χ0v) is 13.8. The van der Waals surface area contributed by atoms with Crippen LogP contribution in [0.25, 0.3) is 22.3 Å². The van der Waals surface area contributed by atoms with Crippen LogP contribution in [0, 0.1) is 0 Å². The molecule has 3 aromatic rings. The number of rotatable bonds is 4. The molecular formula is C18H16O7. The summed E-state index contributed by atoms with van der Waals surface area (Å²) in [7, 11) is 4.10. The molecule has 1 heterocycles. The molecule has 0 spiro atoms. The molecule has 2 N–H and O–H groups in total. The second-order valence-corrected chi connectivity index (χ2v) is 5.17. The van der Waals surface area contributed by atoms with Crippen LogP contribution in [0.15, 0.2) is 39.5 Å². The number of hydrogen-bond donors (Lipinski definition) is 2. The van der Waals surface area contributed by atoms with Gasteiger partial charge >= 0.3 is 0 Å². The largest absolute Gasteiger partial charge is 0.508 e. The Labute approximate surface area is 142 Å². The van der Waals surface area contributed by atoms with E-state index in [4.69, 9.17) is 18.6 Å². The van der Waals surface area contributed by atoms with E-state index in [1.807, 2.05) is 0 Å². The van der Waals surface area contributed by atoms with Crippen molar-refractivity contribution < 1.29 is 28.8 Å². The summed E-state index contributed by atoms with van der Waals surface area (Å²) in [6.45, 7) is 0. The van der Waals surface area contributed by atoms with Crippen LogP contribution in [0.1, 0.15) is 0 Å². The number of ether oxygens (including phenoxy) is 3. The van der Waals surface area contributed by atoms with Crippen molar-refractivity contribution in [2.24, 2.45) is 0 Å².